The lowest BCUT2D eigenvalue weighted by molar-refractivity contribution is -0.146. The van der Waals surface area contributed by atoms with E-state index < -0.39 is 23.8 Å². The molecule has 0 radical (unpaired) electrons. The quantitative estimate of drug-likeness (QED) is 0.475. The molecular formula is C15H20INO4. The van der Waals surface area contributed by atoms with Crippen LogP contribution in [0.25, 0.3) is 0 Å². The summed E-state index contributed by atoms with van der Waals surface area (Å²) in [7, 11) is 0. The number of carbonyl (C=O) groups is 2. The van der Waals surface area contributed by atoms with E-state index in [2.05, 4.69) is 22.6 Å². The predicted molar refractivity (Wildman–Crippen MR) is 87.8 cm³/mol. The molecule has 6 heteroatoms. The first-order valence-corrected chi connectivity index (χ1v) is 7.56. The summed E-state index contributed by atoms with van der Waals surface area (Å²) in [6.07, 6.45) is -0.906. The minimum Gasteiger partial charge on any atom is -0.456 e. The highest BCUT2D eigenvalue weighted by Gasteiger charge is 2.24. The molecule has 0 amide bonds. The third-order valence-electron chi connectivity index (χ3n) is 2.66. The van der Waals surface area contributed by atoms with Gasteiger partial charge in [0.2, 0.25) is 0 Å². The Bertz CT molecular complexity index is 564. The predicted octanol–water partition coefficient (Wildman–Crippen LogP) is 3.08. The molecule has 5 nitrogen and oxygen atoms in total. The van der Waals surface area contributed by atoms with Crippen molar-refractivity contribution in [3.8, 4) is 0 Å². The van der Waals surface area contributed by atoms with Gasteiger partial charge < -0.3 is 9.47 Å². The van der Waals surface area contributed by atoms with Crippen molar-refractivity contribution >= 4 is 34.5 Å². The van der Waals surface area contributed by atoms with Gasteiger partial charge in [-0.15, -0.1) is 0 Å². The highest BCUT2D eigenvalue weighted by Crippen LogP contribution is 2.27. The number of hydrogen-bond donors (Lipinski definition) is 1. The fraction of sp³-hybridized carbons (Fsp3) is 0.467. The normalized spacial score (nSPS) is 12.7. The first-order chi connectivity index (χ1) is 9.53. The first kappa shape index (κ1) is 17.9. The Labute approximate surface area is 138 Å². The maximum atomic E-state index is 12.2. The summed E-state index contributed by atoms with van der Waals surface area (Å²) < 4.78 is 11.2. The highest BCUT2D eigenvalue weighted by atomic mass is 127. The van der Waals surface area contributed by atoms with Crippen molar-refractivity contribution in [1.82, 2.24) is 0 Å². The van der Waals surface area contributed by atoms with E-state index in [0.717, 1.165) is 3.57 Å². The summed E-state index contributed by atoms with van der Waals surface area (Å²) in [5.41, 5.74) is 7.01. The molecule has 1 aromatic rings. The van der Waals surface area contributed by atoms with Gasteiger partial charge in [0, 0.05) is 16.1 Å². The molecule has 2 N–H and O–H groups in total. The van der Waals surface area contributed by atoms with Crippen LogP contribution in [0.4, 0.5) is 0 Å². The fourth-order valence-corrected chi connectivity index (χ4v) is 2.73. The Hall–Kier alpha value is -1.15. The molecule has 0 aliphatic carbocycles. The number of halogens is 1. The summed E-state index contributed by atoms with van der Waals surface area (Å²) >= 11 is 2.09. The number of ether oxygens (including phenoxy) is 2. The van der Waals surface area contributed by atoms with Gasteiger partial charge in [-0.25, -0.2) is 4.79 Å². The van der Waals surface area contributed by atoms with Gasteiger partial charge in [0.15, 0.2) is 6.23 Å². The van der Waals surface area contributed by atoms with E-state index in [9.17, 15) is 9.59 Å². The minimum absolute atomic E-state index is 0.419. The molecule has 1 atom stereocenters. The second kappa shape index (κ2) is 6.74. The number of benzene rings is 1. The van der Waals surface area contributed by atoms with Gasteiger partial charge in [-0.3, -0.25) is 10.5 Å². The van der Waals surface area contributed by atoms with E-state index in [4.69, 9.17) is 15.2 Å². The van der Waals surface area contributed by atoms with Gasteiger partial charge >= 0.3 is 11.9 Å². The standard InChI is InChI=1S/C15H20INO4/c1-8-10(14(19)21-15(3,4)5)6-7-11(16)12(8)13(17)20-9(2)18/h6-7,13H,17H2,1-5H3. The van der Waals surface area contributed by atoms with Crippen molar-refractivity contribution in [3.05, 3.63) is 32.4 Å². The van der Waals surface area contributed by atoms with E-state index in [1.165, 1.54) is 6.92 Å². The molecule has 0 spiro atoms. The van der Waals surface area contributed by atoms with Crippen molar-refractivity contribution in [3.63, 3.8) is 0 Å². The van der Waals surface area contributed by atoms with Crippen LogP contribution in [0.3, 0.4) is 0 Å². The largest absolute Gasteiger partial charge is 0.456 e. The zero-order valence-electron chi connectivity index (χ0n) is 12.8. The Balaban J connectivity index is 3.21. The van der Waals surface area contributed by atoms with Crippen LogP contribution in [0.2, 0.25) is 0 Å². The van der Waals surface area contributed by atoms with Crippen molar-refractivity contribution in [2.75, 3.05) is 0 Å². The number of hydrogen-bond acceptors (Lipinski definition) is 5. The number of nitrogens with two attached hydrogens (primary N) is 1. The number of esters is 2. The molecule has 0 saturated heterocycles. The van der Waals surface area contributed by atoms with Gasteiger partial charge in [-0.2, -0.15) is 0 Å². The Morgan fingerprint density at radius 1 is 1.29 bits per heavy atom. The lowest BCUT2D eigenvalue weighted by atomic mass is 10.0. The topological polar surface area (TPSA) is 78.6 Å². The fourth-order valence-electron chi connectivity index (χ4n) is 1.84. The molecule has 1 rings (SSSR count). The smallest absolute Gasteiger partial charge is 0.338 e. The van der Waals surface area contributed by atoms with Crippen LogP contribution in [0.15, 0.2) is 12.1 Å². The molecule has 0 fully saturated rings. The van der Waals surface area contributed by atoms with Gasteiger partial charge in [-0.1, -0.05) is 0 Å². The van der Waals surface area contributed by atoms with Crippen molar-refractivity contribution in [2.24, 2.45) is 5.73 Å². The van der Waals surface area contributed by atoms with Crippen LogP contribution >= 0.6 is 22.6 Å². The lowest BCUT2D eigenvalue weighted by Crippen LogP contribution is -2.25. The van der Waals surface area contributed by atoms with Crippen LogP contribution in [0, 0.1) is 10.5 Å². The van der Waals surface area contributed by atoms with Crippen LogP contribution < -0.4 is 5.73 Å². The molecule has 0 aromatic heterocycles. The average molecular weight is 405 g/mol. The van der Waals surface area contributed by atoms with Crippen LogP contribution in [0.5, 0.6) is 0 Å². The molecule has 0 aliphatic rings. The zero-order chi connectivity index (χ0) is 16.4. The van der Waals surface area contributed by atoms with Gasteiger partial charge in [0.1, 0.15) is 5.60 Å². The third kappa shape index (κ3) is 4.96. The van der Waals surface area contributed by atoms with Gasteiger partial charge in [0.25, 0.3) is 0 Å². The molecule has 116 valence electrons. The Morgan fingerprint density at radius 3 is 2.33 bits per heavy atom. The van der Waals surface area contributed by atoms with Crippen LogP contribution in [0.1, 0.15) is 55.4 Å². The molecule has 1 unspecified atom stereocenters. The van der Waals surface area contributed by atoms with E-state index >= 15 is 0 Å². The van der Waals surface area contributed by atoms with E-state index in [0.29, 0.717) is 16.7 Å². The summed E-state index contributed by atoms with van der Waals surface area (Å²) in [5, 5.41) is 0. The highest BCUT2D eigenvalue weighted by molar-refractivity contribution is 14.1. The van der Waals surface area contributed by atoms with E-state index in [1.807, 2.05) is 0 Å². The molecule has 0 aliphatic heterocycles. The molecule has 1 aromatic carbocycles. The Kier molecular flexibility index (Phi) is 5.75. The van der Waals surface area contributed by atoms with Crippen molar-refractivity contribution in [1.29, 1.82) is 0 Å². The van der Waals surface area contributed by atoms with Crippen molar-refractivity contribution in [2.45, 2.75) is 46.4 Å². The maximum Gasteiger partial charge on any atom is 0.338 e. The summed E-state index contributed by atoms with van der Waals surface area (Å²) in [4.78, 5) is 23.3. The molecule has 21 heavy (non-hydrogen) atoms. The van der Waals surface area contributed by atoms with Gasteiger partial charge in [-0.05, 0) is 68.0 Å². The molecule has 0 bridgehead atoms. The molecule has 0 saturated carbocycles. The second-order valence-corrected chi connectivity index (χ2v) is 6.83. The summed E-state index contributed by atoms with van der Waals surface area (Å²) in [6, 6.07) is 3.45. The van der Waals surface area contributed by atoms with Crippen LogP contribution in [-0.4, -0.2) is 17.5 Å². The monoisotopic (exact) mass is 405 g/mol. The first-order valence-electron chi connectivity index (χ1n) is 6.48. The third-order valence-corrected chi connectivity index (χ3v) is 3.60. The number of carbonyl (C=O) groups excluding carboxylic acids is 2. The van der Waals surface area contributed by atoms with Gasteiger partial charge in [0.05, 0.1) is 5.56 Å². The maximum absolute atomic E-state index is 12.2. The SMILES string of the molecule is CC(=O)OC(N)c1c(I)ccc(C(=O)OC(C)(C)C)c1C. The zero-order valence-corrected chi connectivity index (χ0v) is 15.0. The number of rotatable bonds is 3. The minimum atomic E-state index is -0.906. The summed E-state index contributed by atoms with van der Waals surface area (Å²) in [5.74, 6) is -0.895. The van der Waals surface area contributed by atoms with Crippen LogP contribution in [-0.2, 0) is 14.3 Å². The van der Waals surface area contributed by atoms with Crippen molar-refractivity contribution < 1.29 is 19.1 Å². The average Bonchev–Trinajstić information content (AvgIpc) is 2.24. The Morgan fingerprint density at radius 2 is 1.86 bits per heavy atom. The lowest BCUT2D eigenvalue weighted by Gasteiger charge is -2.22. The second-order valence-electron chi connectivity index (χ2n) is 5.67. The molecule has 0 heterocycles. The molecular weight excluding hydrogens is 385 g/mol. The van der Waals surface area contributed by atoms with E-state index in [-0.39, 0.29) is 0 Å². The summed E-state index contributed by atoms with van der Waals surface area (Å²) in [6.45, 7) is 8.47. The van der Waals surface area contributed by atoms with E-state index in [1.54, 1.807) is 39.8 Å².